The first-order valence-corrected chi connectivity index (χ1v) is 12.5. The average molecular weight is 491 g/mol. The van der Waals surface area contributed by atoms with Crippen molar-refractivity contribution in [3.63, 3.8) is 0 Å². The number of nitrogens with one attached hydrogen (secondary N) is 1. The van der Waals surface area contributed by atoms with E-state index in [2.05, 4.69) is 47.0 Å². The third-order valence-electron chi connectivity index (χ3n) is 7.37. The molecule has 2 aromatic heterocycles. The van der Waals surface area contributed by atoms with Crippen molar-refractivity contribution in [2.24, 2.45) is 23.7 Å². The van der Waals surface area contributed by atoms with Crippen molar-refractivity contribution in [1.82, 2.24) is 40.0 Å². The van der Waals surface area contributed by atoms with Crippen molar-refractivity contribution >= 4 is 23.2 Å². The number of aromatic nitrogens is 4. The summed E-state index contributed by atoms with van der Waals surface area (Å²) in [6.45, 7) is 11.6. The van der Waals surface area contributed by atoms with Gasteiger partial charge >= 0.3 is 0 Å². The van der Waals surface area contributed by atoms with E-state index in [1.54, 1.807) is 0 Å². The Kier molecular flexibility index (Phi) is 7.39. The molecule has 0 aliphatic carbocycles. The Morgan fingerprint density at radius 3 is 1.52 bits per heavy atom. The molecule has 4 saturated heterocycles. The number of likely N-dealkylation sites (tertiary alicyclic amines) is 3. The van der Waals surface area contributed by atoms with E-state index in [0.717, 1.165) is 47.9 Å². The van der Waals surface area contributed by atoms with Crippen LogP contribution >= 0.6 is 23.2 Å². The molecule has 2 aromatic rings. The Labute approximate surface area is 205 Å². The van der Waals surface area contributed by atoms with Crippen LogP contribution in [-0.4, -0.2) is 94.0 Å². The maximum Gasteiger partial charge on any atom is 0.222 e. The summed E-state index contributed by atoms with van der Waals surface area (Å²) in [6, 6.07) is 0. The number of hydrogen-bond acceptors (Lipinski definition) is 8. The summed E-state index contributed by atoms with van der Waals surface area (Å²) in [5.74, 6) is 3.39. The number of rotatable bonds is 4. The van der Waals surface area contributed by atoms with E-state index in [1.165, 1.54) is 52.4 Å². The van der Waals surface area contributed by atoms with Gasteiger partial charge in [-0.2, -0.15) is 0 Å². The highest BCUT2D eigenvalue weighted by Crippen LogP contribution is 2.31. The number of halogens is 2. The van der Waals surface area contributed by atoms with Crippen molar-refractivity contribution in [3.8, 4) is 0 Å². The van der Waals surface area contributed by atoms with E-state index in [4.69, 9.17) is 23.2 Å². The topological polar surface area (TPSA) is 73.3 Å². The van der Waals surface area contributed by atoms with E-state index >= 15 is 0 Å². The maximum absolute atomic E-state index is 5.68. The first-order valence-electron chi connectivity index (χ1n) is 11.8. The van der Waals surface area contributed by atoms with E-state index in [9.17, 15) is 0 Å². The van der Waals surface area contributed by atoms with Gasteiger partial charge in [-0.3, -0.25) is 9.80 Å². The Hall–Kier alpha value is -1.42. The molecule has 0 spiro atoms. The second-order valence-electron chi connectivity index (χ2n) is 10.0. The predicted molar refractivity (Wildman–Crippen MR) is 129 cm³/mol. The largest absolute Gasteiger partial charge is 0.316 e. The fraction of sp³-hybridized carbons (Fsp3) is 0.652. The van der Waals surface area contributed by atoms with Gasteiger partial charge in [0.2, 0.25) is 10.6 Å². The molecule has 6 heterocycles. The number of fused-ring (bicyclic) bond motifs is 2. The van der Waals surface area contributed by atoms with Crippen LogP contribution in [0.2, 0.25) is 10.6 Å². The Balaban J connectivity index is 0.000000139. The predicted octanol–water partition coefficient (Wildman–Crippen LogP) is 1.90. The first-order chi connectivity index (χ1) is 16.0. The molecule has 33 heavy (non-hydrogen) atoms. The van der Waals surface area contributed by atoms with Crippen LogP contribution in [0.1, 0.15) is 11.1 Å². The summed E-state index contributed by atoms with van der Waals surface area (Å²) in [5, 5.41) is 4.10. The fourth-order valence-corrected chi connectivity index (χ4v) is 6.09. The van der Waals surface area contributed by atoms with Crippen LogP contribution in [0.15, 0.2) is 24.8 Å². The molecule has 8 nitrogen and oxygen atoms in total. The van der Waals surface area contributed by atoms with Gasteiger partial charge in [-0.05, 0) is 67.0 Å². The van der Waals surface area contributed by atoms with Gasteiger partial charge in [-0.15, -0.1) is 0 Å². The van der Waals surface area contributed by atoms with Gasteiger partial charge in [0.05, 0.1) is 0 Å². The second kappa shape index (κ2) is 10.5. The molecule has 0 bridgehead atoms. The molecule has 4 fully saturated rings. The van der Waals surface area contributed by atoms with Gasteiger partial charge in [0.25, 0.3) is 0 Å². The van der Waals surface area contributed by atoms with Crippen molar-refractivity contribution in [2.45, 2.75) is 13.1 Å². The minimum atomic E-state index is 0.325. The highest BCUT2D eigenvalue weighted by Gasteiger charge is 2.38. The zero-order valence-electron chi connectivity index (χ0n) is 19.1. The lowest BCUT2D eigenvalue weighted by atomic mass is 10.0. The van der Waals surface area contributed by atoms with Gasteiger partial charge in [0.1, 0.15) is 0 Å². The van der Waals surface area contributed by atoms with Crippen LogP contribution in [-0.2, 0) is 13.1 Å². The van der Waals surface area contributed by atoms with Crippen molar-refractivity contribution in [3.05, 3.63) is 46.5 Å². The molecule has 178 valence electrons. The van der Waals surface area contributed by atoms with Crippen LogP contribution in [0.4, 0.5) is 0 Å². The highest BCUT2D eigenvalue weighted by atomic mass is 35.5. The molecule has 10 heteroatoms. The minimum absolute atomic E-state index is 0.325. The third-order valence-corrected chi connectivity index (χ3v) is 7.76. The molecule has 4 unspecified atom stereocenters. The summed E-state index contributed by atoms with van der Waals surface area (Å²) < 4.78 is 0. The molecule has 1 N–H and O–H groups in total. The van der Waals surface area contributed by atoms with Crippen molar-refractivity contribution in [2.75, 3.05) is 59.4 Å². The molecule has 0 radical (unpaired) electrons. The van der Waals surface area contributed by atoms with E-state index in [-0.39, 0.29) is 0 Å². The lowest BCUT2D eigenvalue weighted by Crippen LogP contribution is -2.26. The fourth-order valence-electron chi connectivity index (χ4n) is 5.89. The standard InChI is InChI=1S/C12H17ClN4.C11H15ClN4/c1-16-5-10-7-17(8-11(10)6-16)4-9-2-14-12(13)15-3-9;12-11-14-1-8(2-15-11)5-16-6-9-3-13-4-10(9)7-16/h2-3,10-11H,4-8H2,1H3;1-2,9-10,13H,3-7H2. The van der Waals surface area contributed by atoms with E-state index < -0.39 is 0 Å². The summed E-state index contributed by atoms with van der Waals surface area (Å²) in [6.07, 6.45) is 7.30. The number of nitrogens with zero attached hydrogens (tertiary/aromatic N) is 7. The maximum atomic E-state index is 5.68. The van der Waals surface area contributed by atoms with Crippen LogP contribution in [0.25, 0.3) is 0 Å². The Morgan fingerprint density at radius 1 is 0.697 bits per heavy atom. The summed E-state index contributed by atoms with van der Waals surface area (Å²) in [5.41, 5.74) is 2.31. The molecule has 4 aliphatic heterocycles. The quantitative estimate of drug-likeness (QED) is 0.651. The molecule has 4 atom stereocenters. The number of hydrogen-bond donors (Lipinski definition) is 1. The van der Waals surface area contributed by atoms with E-state index in [1.807, 2.05) is 24.8 Å². The van der Waals surface area contributed by atoms with E-state index in [0.29, 0.717) is 10.6 Å². The summed E-state index contributed by atoms with van der Waals surface area (Å²) in [7, 11) is 2.22. The van der Waals surface area contributed by atoms with Gasteiger partial charge in [0.15, 0.2) is 0 Å². The molecule has 0 amide bonds. The van der Waals surface area contributed by atoms with Crippen LogP contribution < -0.4 is 5.32 Å². The van der Waals surface area contributed by atoms with Gasteiger partial charge in [-0.25, -0.2) is 19.9 Å². The Bertz CT molecular complexity index is 886. The smallest absolute Gasteiger partial charge is 0.222 e. The van der Waals surface area contributed by atoms with Crippen molar-refractivity contribution < 1.29 is 0 Å². The van der Waals surface area contributed by atoms with Crippen molar-refractivity contribution in [1.29, 1.82) is 0 Å². The molecular weight excluding hydrogens is 459 g/mol. The summed E-state index contributed by atoms with van der Waals surface area (Å²) >= 11 is 11.3. The molecular formula is C23H32Cl2N8. The normalized spacial score (nSPS) is 29.7. The summed E-state index contributed by atoms with van der Waals surface area (Å²) in [4.78, 5) is 23.5. The SMILES string of the molecule is CN1CC2CN(Cc3cnc(Cl)nc3)CC2C1.Clc1ncc(CN2CC3CNCC3C2)cn1. The van der Waals surface area contributed by atoms with Gasteiger partial charge in [-0.1, -0.05) is 0 Å². The monoisotopic (exact) mass is 490 g/mol. The van der Waals surface area contributed by atoms with Crippen LogP contribution in [0.5, 0.6) is 0 Å². The molecule has 0 aromatic carbocycles. The van der Waals surface area contributed by atoms with Gasteiger partial charge in [0, 0.05) is 88.3 Å². The lowest BCUT2D eigenvalue weighted by Gasteiger charge is -2.18. The lowest BCUT2D eigenvalue weighted by molar-refractivity contribution is 0.271. The average Bonchev–Trinajstić information content (AvgIpc) is 3.53. The third kappa shape index (κ3) is 5.99. The van der Waals surface area contributed by atoms with Gasteiger partial charge < -0.3 is 10.2 Å². The zero-order chi connectivity index (χ0) is 22.8. The van der Waals surface area contributed by atoms with Crippen LogP contribution in [0.3, 0.4) is 0 Å². The molecule has 6 rings (SSSR count). The molecule has 0 saturated carbocycles. The Morgan fingerprint density at radius 2 is 1.09 bits per heavy atom. The van der Waals surface area contributed by atoms with Crippen LogP contribution in [0, 0.1) is 23.7 Å². The first kappa shape index (κ1) is 23.3. The molecule has 4 aliphatic rings. The highest BCUT2D eigenvalue weighted by molar-refractivity contribution is 6.28. The zero-order valence-corrected chi connectivity index (χ0v) is 20.6. The minimum Gasteiger partial charge on any atom is -0.316 e. The second-order valence-corrected chi connectivity index (χ2v) is 10.7.